The number of aromatic nitrogens is 2. The van der Waals surface area contributed by atoms with E-state index in [-0.39, 0.29) is 11.8 Å². The van der Waals surface area contributed by atoms with Crippen molar-refractivity contribution in [2.45, 2.75) is 26.8 Å². The maximum Gasteiger partial charge on any atom is 0.276 e. The molecule has 2 amide bonds. The van der Waals surface area contributed by atoms with E-state index in [2.05, 4.69) is 20.8 Å². The quantitative estimate of drug-likeness (QED) is 0.773. The number of H-pyrrole nitrogens is 1. The zero-order chi connectivity index (χ0) is 17.8. The lowest BCUT2D eigenvalue weighted by molar-refractivity contribution is 0.0772. The Morgan fingerprint density at radius 3 is 2.84 bits per heavy atom. The molecule has 25 heavy (non-hydrogen) atoms. The van der Waals surface area contributed by atoms with Crippen molar-refractivity contribution in [3.8, 4) is 0 Å². The number of carbonyl (C=O) groups is 2. The summed E-state index contributed by atoms with van der Waals surface area (Å²) >= 11 is 0. The first-order valence-corrected chi connectivity index (χ1v) is 8.61. The van der Waals surface area contributed by atoms with Crippen molar-refractivity contribution in [1.82, 2.24) is 20.4 Å². The molecule has 1 aromatic carbocycles. The SMILES string of the molecule is CCN(CC)C(=O)c1cccc(NC(=O)c2n[nH]c3c2CNCC3)c1. The third-order valence-corrected chi connectivity index (χ3v) is 4.44. The summed E-state index contributed by atoms with van der Waals surface area (Å²) in [5, 5.41) is 13.2. The standard InChI is InChI=1S/C18H23N5O2/c1-3-23(4-2)18(25)12-6-5-7-13(10-12)20-17(24)16-14-11-19-9-8-15(14)21-22-16/h5-7,10,19H,3-4,8-9,11H2,1-2H3,(H,20,24)(H,21,22). The molecular formula is C18H23N5O2. The van der Waals surface area contributed by atoms with E-state index in [9.17, 15) is 9.59 Å². The van der Waals surface area contributed by atoms with E-state index in [1.807, 2.05) is 13.8 Å². The number of nitrogens with one attached hydrogen (secondary N) is 3. The fraction of sp³-hybridized carbons (Fsp3) is 0.389. The fourth-order valence-electron chi connectivity index (χ4n) is 3.03. The highest BCUT2D eigenvalue weighted by Crippen LogP contribution is 2.18. The minimum Gasteiger partial charge on any atom is -0.339 e. The number of hydrogen-bond donors (Lipinski definition) is 3. The normalized spacial score (nSPS) is 13.2. The minimum atomic E-state index is -0.270. The first kappa shape index (κ1) is 17.2. The molecule has 0 radical (unpaired) electrons. The summed E-state index contributed by atoms with van der Waals surface area (Å²) in [5.41, 5.74) is 3.48. The molecule has 0 aliphatic carbocycles. The van der Waals surface area contributed by atoms with Crippen LogP contribution in [0.25, 0.3) is 0 Å². The summed E-state index contributed by atoms with van der Waals surface area (Å²) in [6.45, 7) is 6.71. The highest BCUT2D eigenvalue weighted by atomic mass is 16.2. The van der Waals surface area contributed by atoms with E-state index in [4.69, 9.17) is 0 Å². The molecule has 0 fully saturated rings. The van der Waals surface area contributed by atoms with E-state index >= 15 is 0 Å². The topological polar surface area (TPSA) is 90.1 Å². The summed E-state index contributed by atoms with van der Waals surface area (Å²) < 4.78 is 0. The van der Waals surface area contributed by atoms with Gasteiger partial charge in [0.05, 0.1) is 0 Å². The van der Waals surface area contributed by atoms with E-state index < -0.39 is 0 Å². The van der Waals surface area contributed by atoms with Gasteiger partial charge in [0.25, 0.3) is 11.8 Å². The minimum absolute atomic E-state index is 0.0394. The molecule has 0 bridgehead atoms. The number of hydrogen-bond acceptors (Lipinski definition) is 4. The Kier molecular flexibility index (Phi) is 5.14. The number of aromatic amines is 1. The van der Waals surface area contributed by atoms with Gasteiger partial charge in [-0.2, -0.15) is 5.10 Å². The van der Waals surface area contributed by atoms with Gasteiger partial charge in [-0.3, -0.25) is 14.7 Å². The van der Waals surface area contributed by atoms with Crippen molar-refractivity contribution in [3.63, 3.8) is 0 Å². The van der Waals surface area contributed by atoms with Gasteiger partial charge in [-0.1, -0.05) is 6.07 Å². The van der Waals surface area contributed by atoms with Gasteiger partial charge in [0.15, 0.2) is 5.69 Å². The van der Waals surface area contributed by atoms with Gasteiger partial charge in [0.1, 0.15) is 0 Å². The Morgan fingerprint density at radius 2 is 2.08 bits per heavy atom. The molecule has 1 aliphatic rings. The van der Waals surface area contributed by atoms with Crippen molar-refractivity contribution < 1.29 is 9.59 Å². The van der Waals surface area contributed by atoms with Crippen LogP contribution in [0.2, 0.25) is 0 Å². The van der Waals surface area contributed by atoms with E-state index in [1.165, 1.54) is 0 Å². The van der Waals surface area contributed by atoms with Crippen LogP contribution < -0.4 is 10.6 Å². The second kappa shape index (κ2) is 7.48. The predicted molar refractivity (Wildman–Crippen MR) is 95.6 cm³/mol. The lowest BCUT2D eigenvalue weighted by atomic mass is 10.1. The van der Waals surface area contributed by atoms with Crippen LogP contribution in [-0.2, 0) is 13.0 Å². The van der Waals surface area contributed by atoms with Crippen LogP contribution >= 0.6 is 0 Å². The molecule has 1 aromatic heterocycles. The van der Waals surface area contributed by atoms with Gasteiger partial charge in [-0.25, -0.2) is 0 Å². The summed E-state index contributed by atoms with van der Waals surface area (Å²) in [4.78, 5) is 26.8. The van der Waals surface area contributed by atoms with Crippen molar-refractivity contribution in [3.05, 3.63) is 46.8 Å². The fourth-order valence-corrected chi connectivity index (χ4v) is 3.03. The first-order valence-electron chi connectivity index (χ1n) is 8.61. The summed E-state index contributed by atoms with van der Waals surface area (Å²) in [6, 6.07) is 7.01. The van der Waals surface area contributed by atoms with Gasteiger partial charge < -0.3 is 15.5 Å². The molecule has 0 spiro atoms. The Morgan fingerprint density at radius 1 is 1.28 bits per heavy atom. The molecule has 0 atom stereocenters. The van der Waals surface area contributed by atoms with Crippen molar-refractivity contribution >= 4 is 17.5 Å². The van der Waals surface area contributed by atoms with Crippen LogP contribution in [0.15, 0.2) is 24.3 Å². The number of fused-ring (bicyclic) bond motifs is 1. The van der Waals surface area contributed by atoms with E-state index in [0.29, 0.717) is 36.6 Å². The van der Waals surface area contributed by atoms with Crippen LogP contribution in [0.3, 0.4) is 0 Å². The third-order valence-electron chi connectivity index (χ3n) is 4.44. The summed E-state index contributed by atoms with van der Waals surface area (Å²) in [6.07, 6.45) is 0.837. The molecule has 0 saturated carbocycles. The van der Waals surface area contributed by atoms with Crippen LogP contribution in [0.4, 0.5) is 5.69 Å². The van der Waals surface area contributed by atoms with E-state index in [0.717, 1.165) is 24.2 Å². The number of carbonyl (C=O) groups excluding carboxylic acids is 2. The van der Waals surface area contributed by atoms with Crippen LogP contribution in [0.1, 0.15) is 46.0 Å². The number of anilines is 1. The lowest BCUT2D eigenvalue weighted by Crippen LogP contribution is -2.30. The molecule has 2 heterocycles. The zero-order valence-corrected chi connectivity index (χ0v) is 14.6. The Hall–Kier alpha value is -2.67. The van der Waals surface area contributed by atoms with E-state index in [1.54, 1.807) is 29.2 Å². The first-order chi connectivity index (χ1) is 12.1. The van der Waals surface area contributed by atoms with Gasteiger partial charge in [0.2, 0.25) is 0 Å². The molecule has 2 aromatic rings. The maximum atomic E-state index is 12.6. The molecule has 7 heteroatoms. The smallest absolute Gasteiger partial charge is 0.276 e. The highest BCUT2D eigenvalue weighted by molar-refractivity contribution is 6.05. The lowest BCUT2D eigenvalue weighted by Gasteiger charge is -2.19. The van der Waals surface area contributed by atoms with Crippen molar-refractivity contribution in [1.29, 1.82) is 0 Å². The highest BCUT2D eigenvalue weighted by Gasteiger charge is 2.22. The monoisotopic (exact) mass is 341 g/mol. The Bertz CT molecular complexity index is 780. The molecular weight excluding hydrogens is 318 g/mol. The van der Waals surface area contributed by atoms with Gasteiger partial charge in [0, 0.05) is 55.1 Å². The average molecular weight is 341 g/mol. The van der Waals surface area contributed by atoms with Crippen LogP contribution in [0.5, 0.6) is 0 Å². The molecule has 3 rings (SSSR count). The molecule has 1 aliphatic heterocycles. The third kappa shape index (κ3) is 3.56. The molecule has 3 N–H and O–H groups in total. The van der Waals surface area contributed by atoms with Crippen LogP contribution in [-0.4, -0.2) is 46.5 Å². The Labute approximate surface area is 146 Å². The maximum absolute atomic E-state index is 12.6. The van der Waals surface area contributed by atoms with Crippen molar-refractivity contribution in [2.75, 3.05) is 25.0 Å². The number of rotatable bonds is 5. The molecule has 7 nitrogen and oxygen atoms in total. The molecule has 0 unspecified atom stereocenters. The zero-order valence-electron chi connectivity index (χ0n) is 14.6. The second-order valence-corrected chi connectivity index (χ2v) is 5.97. The van der Waals surface area contributed by atoms with Gasteiger partial charge in [-0.15, -0.1) is 0 Å². The summed E-state index contributed by atoms with van der Waals surface area (Å²) in [5.74, 6) is -0.309. The largest absolute Gasteiger partial charge is 0.339 e. The Balaban J connectivity index is 1.77. The second-order valence-electron chi connectivity index (χ2n) is 5.97. The number of amides is 2. The molecule has 132 valence electrons. The summed E-state index contributed by atoms with van der Waals surface area (Å²) in [7, 11) is 0. The van der Waals surface area contributed by atoms with Gasteiger partial charge in [-0.05, 0) is 32.0 Å². The molecule has 0 saturated heterocycles. The number of nitrogens with zero attached hydrogens (tertiary/aromatic N) is 2. The number of benzene rings is 1. The average Bonchev–Trinajstić information content (AvgIpc) is 3.07. The predicted octanol–water partition coefficient (Wildman–Crippen LogP) is 1.79. The van der Waals surface area contributed by atoms with Crippen LogP contribution in [0, 0.1) is 0 Å². The van der Waals surface area contributed by atoms with Crippen molar-refractivity contribution in [2.24, 2.45) is 0 Å². The van der Waals surface area contributed by atoms with Gasteiger partial charge >= 0.3 is 0 Å².